The molecule has 0 saturated carbocycles. The quantitative estimate of drug-likeness (QED) is 0.197. The first-order valence-electron chi connectivity index (χ1n) is 13.6. The minimum atomic E-state index is -0.531. The number of rotatable bonds is 10. The largest absolute Gasteiger partial charge is 0.486 e. The molecule has 0 bridgehead atoms. The van der Waals surface area contributed by atoms with Gasteiger partial charge in [0.15, 0.2) is 18.2 Å². The Labute approximate surface area is 229 Å². The molecule has 4 aromatic rings. The highest BCUT2D eigenvalue weighted by Crippen LogP contribution is 2.40. The van der Waals surface area contributed by atoms with Gasteiger partial charge < -0.3 is 19.1 Å². The van der Waals surface area contributed by atoms with Crippen molar-refractivity contribution in [1.82, 2.24) is 0 Å². The first-order valence-corrected chi connectivity index (χ1v) is 13.6. The van der Waals surface area contributed by atoms with E-state index in [1.165, 1.54) is 22.4 Å². The number of fused-ring (bicyclic) bond motifs is 2. The first-order chi connectivity index (χ1) is 19.0. The topological polar surface area (TPSA) is 48.0 Å². The lowest BCUT2D eigenvalue weighted by atomic mass is 9.90. The number of halogens is 1. The minimum absolute atomic E-state index is 0.0185. The van der Waals surface area contributed by atoms with Crippen LogP contribution in [0, 0.1) is 5.82 Å². The number of carbonyl (C=O) groups excluding carboxylic acids is 1. The van der Waals surface area contributed by atoms with Gasteiger partial charge in [-0.05, 0) is 72.7 Å². The fourth-order valence-corrected chi connectivity index (χ4v) is 5.29. The summed E-state index contributed by atoms with van der Waals surface area (Å²) in [5, 5.41) is 2.59. The van der Waals surface area contributed by atoms with Crippen LogP contribution in [0.2, 0.25) is 0 Å². The van der Waals surface area contributed by atoms with Crippen LogP contribution in [0.25, 0.3) is 10.8 Å². The lowest BCUT2D eigenvalue weighted by molar-refractivity contribution is -0.145. The zero-order valence-electron chi connectivity index (χ0n) is 22.4. The molecule has 0 N–H and O–H groups in total. The van der Waals surface area contributed by atoms with E-state index in [4.69, 9.17) is 14.2 Å². The molecule has 6 heteroatoms. The number of ether oxygens (including phenoxy) is 3. The van der Waals surface area contributed by atoms with Gasteiger partial charge >= 0.3 is 5.97 Å². The molecular formula is C33H34FNO4. The van der Waals surface area contributed by atoms with E-state index in [2.05, 4.69) is 54.3 Å². The summed E-state index contributed by atoms with van der Waals surface area (Å²) >= 11 is 0. The number of hydrogen-bond donors (Lipinski definition) is 0. The molecule has 5 rings (SSSR count). The van der Waals surface area contributed by atoms with Crippen molar-refractivity contribution in [2.45, 2.75) is 45.1 Å². The van der Waals surface area contributed by atoms with Crippen molar-refractivity contribution in [2.75, 3.05) is 24.7 Å². The summed E-state index contributed by atoms with van der Waals surface area (Å²) in [7, 11) is 0. The molecule has 202 valence electrons. The van der Waals surface area contributed by atoms with E-state index in [1.54, 1.807) is 19.1 Å². The van der Waals surface area contributed by atoms with Crippen LogP contribution in [0.1, 0.15) is 44.6 Å². The Kier molecular flexibility index (Phi) is 8.30. The van der Waals surface area contributed by atoms with Gasteiger partial charge in [0.2, 0.25) is 0 Å². The summed E-state index contributed by atoms with van der Waals surface area (Å²) in [5.41, 5.74) is 3.08. The molecule has 5 nitrogen and oxygen atoms in total. The fraction of sp³-hybridized carbons (Fsp3) is 0.303. The molecule has 1 heterocycles. The maximum atomic E-state index is 14.5. The SMILES string of the molecule is CCOC(=O)COc1cc(N2CC(CCC[C@H](C)c3cccc4ccccc34)Oc3ccccc32)ccc1F. The molecule has 0 aromatic heterocycles. The highest BCUT2D eigenvalue weighted by atomic mass is 19.1. The van der Waals surface area contributed by atoms with Gasteiger partial charge in [-0.3, -0.25) is 0 Å². The second-order valence-corrected chi connectivity index (χ2v) is 9.93. The van der Waals surface area contributed by atoms with Crippen molar-refractivity contribution >= 4 is 28.1 Å². The van der Waals surface area contributed by atoms with E-state index in [9.17, 15) is 9.18 Å². The Morgan fingerprint density at radius 1 is 1.05 bits per heavy atom. The molecule has 1 aliphatic heterocycles. The second kappa shape index (κ2) is 12.2. The highest BCUT2D eigenvalue weighted by molar-refractivity contribution is 5.86. The molecule has 0 radical (unpaired) electrons. The van der Waals surface area contributed by atoms with Gasteiger partial charge in [0, 0.05) is 11.8 Å². The van der Waals surface area contributed by atoms with Crippen molar-refractivity contribution in [2.24, 2.45) is 0 Å². The van der Waals surface area contributed by atoms with Crippen LogP contribution >= 0.6 is 0 Å². The lowest BCUT2D eigenvalue weighted by Crippen LogP contribution is -2.37. The Balaban J connectivity index is 1.28. The Hall–Kier alpha value is -4.06. The molecule has 0 spiro atoms. The molecule has 0 saturated heterocycles. The summed E-state index contributed by atoms with van der Waals surface area (Å²) in [5.74, 6) is 0.193. The van der Waals surface area contributed by atoms with Gasteiger partial charge in [0.05, 0.1) is 18.8 Å². The molecule has 4 aromatic carbocycles. The van der Waals surface area contributed by atoms with E-state index >= 15 is 0 Å². The average Bonchev–Trinajstić information content (AvgIpc) is 2.96. The Morgan fingerprint density at radius 2 is 1.85 bits per heavy atom. The zero-order valence-corrected chi connectivity index (χ0v) is 22.4. The monoisotopic (exact) mass is 527 g/mol. The van der Waals surface area contributed by atoms with Gasteiger partial charge in [0.1, 0.15) is 11.9 Å². The molecule has 0 aliphatic carbocycles. The number of anilines is 2. The van der Waals surface area contributed by atoms with E-state index in [-0.39, 0.29) is 25.1 Å². The molecule has 1 unspecified atom stereocenters. The third-order valence-corrected chi connectivity index (χ3v) is 7.23. The van der Waals surface area contributed by atoms with Gasteiger partial charge in [-0.25, -0.2) is 9.18 Å². The third-order valence-electron chi connectivity index (χ3n) is 7.23. The molecule has 0 fully saturated rings. The number of nitrogens with zero attached hydrogens (tertiary/aromatic N) is 1. The normalized spacial score (nSPS) is 15.4. The van der Waals surface area contributed by atoms with Crippen LogP contribution in [0.3, 0.4) is 0 Å². The van der Waals surface area contributed by atoms with E-state index in [0.717, 1.165) is 36.4 Å². The second-order valence-electron chi connectivity index (χ2n) is 9.93. The zero-order chi connectivity index (χ0) is 27.2. The summed E-state index contributed by atoms with van der Waals surface area (Å²) in [6, 6.07) is 27.7. The van der Waals surface area contributed by atoms with Crippen LogP contribution in [0.4, 0.5) is 15.8 Å². The molecule has 39 heavy (non-hydrogen) atoms. The predicted octanol–water partition coefficient (Wildman–Crippen LogP) is 7.79. The number of para-hydroxylation sites is 2. The molecule has 1 aliphatic rings. The molecule has 0 amide bonds. The number of benzene rings is 4. The van der Waals surface area contributed by atoms with E-state index < -0.39 is 11.8 Å². The van der Waals surface area contributed by atoms with Crippen molar-refractivity contribution in [3.8, 4) is 11.5 Å². The number of esters is 1. The van der Waals surface area contributed by atoms with Crippen LogP contribution in [0.15, 0.2) is 84.9 Å². The predicted molar refractivity (Wildman–Crippen MR) is 153 cm³/mol. The summed E-state index contributed by atoms with van der Waals surface area (Å²) < 4.78 is 31.3. The average molecular weight is 528 g/mol. The van der Waals surface area contributed by atoms with Gasteiger partial charge in [-0.1, -0.05) is 61.5 Å². The van der Waals surface area contributed by atoms with Crippen LogP contribution in [-0.2, 0) is 9.53 Å². The van der Waals surface area contributed by atoms with Crippen LogP contribution in [-0.4, -0.2) is 31.8 Å². The van der Waals surface area contributed by atoms with E-state index in [0.29, 0.717) is 12.5 Å². The standard InChI is InChI=1S/C33H34FNO4/c1-3-37-33(36)22-38-32-20-25(18-19-29(32)34)35-21-26(39-31-17-7-6-16-30(31)35)13-8-10-23(2)27-15-9-12-24-11-4-5-14-28(24)27/h4-7,9,11-12,14-20,23,26H,3,8,10,13,21-22H2,1-2H3/t23-,26?/m0/s1. The van der Waals surface area contributed by atoms with Crippen molar-refractivity contribution in [1.29, 1.82) is 0 Å². The maximum absolute atomic E-state index is 14.5. The summed E-state index contributed by atoms with van der Waals surface area (Å²) in [6.07, 6.45) is 2.95. The Morgan fingerprint density at radius 3 is 2.72 bits per heavy atom. The third kappa shape index (κ3) is 6.17. The lowest BCUT2D eigenvalue weighted by Gasteiger charge is -2.36. The summed E-state index contributed by atoms with van der Waals surface area (Å²) in [4.78, 5) is 13.9. The molecule has 2 atom stereocenters. The number of hydrogen-bond acceptors (Lipinski definition) is 5. The van der Waals surface area contributed by atoms with Crippen LogP contribution in [0.5, 0.6) is 11.5 Å². The van der Waals surface area contributed by atoms with Gasteiger partial charge in [-0.15, -0.1) is 0 Å². The van der Waals surface area contributed by atoms with Crippen molar-refractivity contribution in [3.05, 3.63) is 96.3 Å². The Bertz CT molecular complexity index is 1430. The highest BCUT2D eigenvalue weighted by Gasteiger charge is 2.27. The van der Waals surface area contributed by atoms with Crippen LogP contribution < -0.4 is 14.4 Å². The maximum Gasteiger partial charge on any atom is 0.344 e. The van der Waals surface area contributed by atoms with Gasteiger partial charge in [0.25, 0.3) is 0 Å². The molecular weight excluding hydrogens is 493 g/mol. The van der Waals surface area contributed by atoms with Crippen molar-refractivity contribution < 1.29 is 23.4 Å². The minimum Gasteiger partial charge on any atom is -0.486 e. The van der Waals surface area contributed by atoms with Crippen molar-refractivity contribution in [3.63, 3.8) is 0 Å². The van der Waals surface area contributed by atoms with E-state index in [1.807, 2.05) is 24.3 Å². The fourth-order valence-electron chi connectivity index (χ4n) is 5.29. The smallest absolute Gasteiger partial charge is 0.344 e. The summed E-state index contributed by atoms with van der Waals surface area (Å²) in [6.45, 7) is 4.54. The van der Waals surface area contributed by atoms with Gasteiger partial charge in [-0.2, -0.15) is 0 Å². The first kappa shape index (κ1) is 26.5. The number of carbonyl (C=O) groups is 1.